The first kappa shape index (κ1) is 19.4. The van der Waals surface area contributed by atoms with Crippen molar-refractivity contribution in [3.63, 3.8) is 0 Å². The zero-order valence-electron chi connectivity index (χ0n) is 15.4. The summed E-state index contributed by atoms with van der Waals surface area (Å²) in [6.45, 7) is 2.10. The summed E-state index contributed by atoms with van der Waals surface area (Å²) in [5.74, 6) is -0.381. The van der Waals surface area contributed by atoms with Gasteiger partial charge in [-0.3, -0.25) is 4.79 Å². The van der Waals surface area contributed by atoms with Crippen LogP contribution in [-0.4, -0.2) is 9.67 Å². The van der Waals surface area contributed by atoms with Gasteiger partial charge in [0.25, 0.3) is 5.56 Å². The Bertz CT molecular complexity index is 1330. The number of halogens is 1. The van der Waals surface area contributed by atoms with E-state index in [2.05, 4.69) is 0 Å². The lowest BCUT2D eigenvalue weighted by Crippen LogP contribution is -2.24. The van der Waals surface area contributed by atoms with Crippen LogP contribution in [0.25, 0.3) is 11.0 Å². The van der Waals surface area contributed by atoms with Crippen molar-refractivity contribution in [1.29, 1.82) is 0 Å². The number of nitrogens with zero attached hydrogens (tertiary/aromatic N) is 1. The van der Waals surface area contributed by atoms with Crippen molar-refractivity contribution >= 4 is 34.3 Å². The minimum absolute atomic E-state index is 0.0179. The second-order valence-electron chi connectivity index (χ2n) is 6.53. The molecular formula is C22H16ClNO4S. The number of fused-ring (bicyclic) bond motifs is 1. The number of aromatic nitrogens is 1. The van der Waals surface area contributed by atoms with Gasteiger partial charge in [0.1, 0.15) is 15.9 Å². The number of hydrogen-bond donors (Lipinski definition) is 1. The maximum absolute atomic E-state index is 13.2. The third-order valence-electron chi connectivity index (χ3n) is 4.51. The highest BCUT2D eigenvalue weighted by Crippen LogP contribution is 2.36. The van der Waals surface area contributed by atoms with E-state index in [9.17, 15) is 14.7 Å². The number of aryl methyl sites for hydroxylation is 1. The average molecular weight is 426 g/mol. The van der Waals surface area contributed by atoms with E-state index in [4.69, 9.17) is 16.0 Å². The van der Waals surface area contributed by atoms with E-state index >= 15 is 0 Å². The van der Waals surface area contributed by atoms with Crippen molar-refractivity contribution in [3.05, 3.63) is 97.7 Å². The highest BCUT2D eigenvalue weighted by molar-refractivity contribution is 7.99. The molecule has 0 radical (unpaired) electrons. The Hall–Kier alpha value is -2.96. The Morgan fingerprint density at radius 1 is 1.07 bits per heavy atom. The summed E-state index contributed by atoms with van der Waals surface area (Å²) in [5, 5.41) is 11.3. The van der Waals surface area contributed by atoms with Crippen molar-refractivity contribution in [2.75, 3.05) is 0 Å². The predicted octanol–water partition coefficient (Wildman–Crippen LogP) is 4.82. The zero-order chi connectivity index (χ0) is 20.5. The lowest BCUT2D eigenvalue weighted by atomic mass is 10.2. The molecule has 2 aromatic carbocycles. The van der Waals surface area contributed by atoms with Crippen molar-refractivity contribution < 1.29 is 9.52 Å². The maximum Gasteiger partial charge on any atom is 0.354 e. The molecule has 5 nitrogen and oxygen atoms in total. The number of hydrogen-bond acceptors (Lipinski definition) is 5. The Labute approximate surface area is 175 Å². The topological polar surface area (TPSA) is 72.4 Å². The summed E-state index contributed by atoms with van der Waals surface area (Å²) >= 11 is 7.00. The Balaban J connectivity index is 1.88. The van der Waals surface area contributed by atoms with Crippen molar-refractivity contribution in [2.45, 2.75) is 23.3 Å². The molecule has 2 heterocycles. The molecule has 0 spiro atoms. The molecule has 0 amide bonds. The first-order valence-corrected chi connectivity index (χ1v) is 10.0. The first-order chi connectivity index (χ1) is 13.9. The number of pyridine rings is 1. The molecular weight excluding hydrogens is 410 g/mol. The van der Waals surface area contributed by atoms with Gasteiger partial charge < -0.3 is 14.1 Å². The van der Waals surface area contributed by atoms with Gasteiger partial charge in [0, 0.05) is 21.7 Å². The van der Waals surface area contributed by atoms with E-state index in [-0.39, 0.29) is 21.6 Å². The van der Waals surface area contributed by atoms with E-state index < -0.39 is 11.2 Å². The van der Waals surface area contributed by atoms with E-state index in [1.165, 1.54) is 0 Å². The molecule has 0 aliphatic rings. The highest BCUT2D eigenvalue weighted by atomic mass is 35.5. The minimum atomic E-state index is -0.709. The Kier molecular flexibility index (Phi) is 5.22. The normalized spacial score (nSPS) is 11.1. The summed E-state index contributed by atoms with van der Waals surface area (Å²) in [7, 11) is 0. The zero-order valence-corrected chi connectivity index (χ0v) is 17.0. The highest BCUT2D eigenvalue weighted by Gasteiger charge is 2.20. The molecule has 0 saturated heterocycles. The Morgan fingerprint density at radius 2 is 1.83 bits per heavy atom. The van der Waals surface area contributed by atoms with Gasteiger partial charge in [0.2, 0.25) is 0 Å². The molecule has 0 bridgehead atoms. The standard InChI is InChI=1S/C22H16ClNO4S/c1-13-10-17-18(21(26)24(13)12-14-6-3-2-4-7-14)19(25)20(22(27)28-17)29-16-9-5-8-15(23)11-16/h2-11,25H,12H2,1H3. The van der Waals surface area contributed by atoms with Crippen LogP contribution in [-0.2, 0) is 6.54 Å². The van der Waals surface area contributed by atoms with Crippen LogP contribution in [0.3, 0.4) is 0 Å². The van der Waals surface area contributed by atoms with Gasteiger partial charge in [0.05, 0.1) is 6.54 Å². The minimum Gasteiger partial charge on any atom is -0.505 e. The fourth-order valence-corrected chi connectivity index (χ4v) is 4.24. The van der Waals surface area contributed by atoms with Crippen molar-refractivity contribution in [3.8, 4) is 5.75 Å². The van der Waals surface area contributed by atoms with E-state index in [1.54, 1.807) is 41.8 Å². The molecule has 2 aromatic heterocycles. The van der Waals surface area contributed by atoms with Crippen LogP contribution in [0.15, 0.2) is 84.5 Å². The number of rotatable bonds is 4. The van der Waals surface area contributed by atoms with Crippen LogP contribution in [0.1, 0.15) is 11.3 Å². The maximum atomic E-state index is 13.2. The van der Waals surface area contributed by atoms with Gasteiger partial charge in [-0.2, -0.15) is 0 Å². The predicted molar refractivity (Wildman–Crippen MR) is 114 cm³/mol. The quantitative estimate of drug-likeness (QED) is 0.507. The summed E-state index contributed by atoms with van der Waals surface area (Å²) < 4.78 is 6.91. The second kappa shape index (κ2) is 7.81. The van der Waals surface area contributed by atoms with E-state index in [1.807, 2.05) is 30.3 Å². The fraction of sp³-hybridized carbons (Fsp3) is 0.0909. The van der Waals surface area contributed by atoms with Gasteiger partial charge in [-0.25, -0.2) is 4.79 Å². The van der Waals surface area contributed by atoms with Crippen LogP contribution < -0.4 is 11.2 Å². The molecule has 0 aliphatic carbocycles. The lowest BCUT2D eigenvalue weighted by Gasteiger charge is -2.13. The van der Waals surface area contributed by atoms with Gasteiger partial charge in [-0.1, -0.05) is 59.8 Å². The molecule has 0 aliphatic heterocycles. The largest absolute Gasteiger partial charge is 0.505 e. The summed E-state index contributed by atoms with van der Waals surface area (Å²) in [6.07, 6.45) is 0. The second-order valence-corrected chi connectivity index (χ2v) is 8.05. The third kappa shape index (κ3) is 3.81. The molecule has 4 rings (SSSR count). The molecule has 4 aromatic rings. The fourth-order valence-electron chi connectivity index (χ4n) is 3.10. The van der Waals surface area contributed by atoms with Crippen LogP contribution in [0, 0.1) is 6.92 Å². The SMILES string of the molecule is Cc1cc2oc(=O)c(Sc3cccc(Cl)c3)c(O)c2c(=O)n1Cc1ccccc1. The number of benzene rings is 2. The summed E-state index contributed by atoms with van der Waals surface area (Å²) in [5.41, 5.74) is 0.513. The Morgan fingerprint density at radius 3 is 2.55 bits per heavy atom. The van der Waals surface area contributed by atoms with Gasteiger partial charge in [-0.15, -0.1) is 0 Å². The average Bonchev–Trinajstić information content (AvgIpc) is 2.69. The van der Waals surface area contributed by atoms with Gasteiger partial charge >= 0.3 is 5.63 Å². The molecule has 29 heavy (non-hydrogen) atoms. The molecule has 0 fully saturated rings. The molecule has 0 unspecified atom stereocenters. The van der Waals surface area contributed by atoms with Gasteiger partial charge in [-0.05, 0) is 30.7 Å². The summed E-state index contributed by atoms with van der Waals surface area (Å²) in [4.78, 5) is 26.2. The smallest absolute Gasteiger partial charge is 0.354 e. The van der Waals surface area contributed by atoms with Crippen LogP contribution >= 0.6 is 23.4 Å². The third-order valence-corrected chi connectivity index (χ3v) is 5.80. The molecule has 0 saturated carbocycles. The number of aromatic hydroxyl groups is 1. The van der Waals surface area contributed by atoms with Crippen LogP contribution in [0.2, 0.25) is 5.02 Å². The van der Waals surface area contributed by atoms with E-state index in [0.717, 1.165) is 17.3 Å². The van der Waals surface area contributed by atoms with Gasteiger partial charge in [0.15, 0.2) is 5.75 Å². The molecule has 146 valence electrons. The van der Waals surface area contributed by atoms with E-state index in [0.29, 0.717) is 22.2 Å². The van der Waals surface area contributed by atoms with Crippen LogP contribution in [0.4, 0.5) is 0 Å². The van der Waals surface area contributed by atoms with Crippen molar-refractivity contribution in [1.82, 2.24) is 4.57 Å². The lowest BCUT2D eigenvalue weighted by molar-refractivity contribution is 0.445. The first-order valence-electron chi connectivity index (χ1n) is 8.81. The molecule has 7 heteroatoms. The van der Waals surface area contributed by atoms with Crippen molar-refractivity contribution in [2.24, 2.45) is 0 Å². The van der Waals surface area contributed by atoms with Crippen LogP contribution in [0.5, 0.6) is 5.75 Å². The monoisotopic (exact) mass is 425 g/mol. The summed E-state index contributed by atoms with van der Waals surface area (Å²) in [6, 6.07) is 18.0. The molecule has 0 atom stereocenters. The molecule has 1 N–H and O–H groups in total.